The lowest BCUT2D eigenvalue weighted by Crippen LogP contribution is -2.19. The lowest BCUT2D eigenvalue weighted by atomic mass is 10.0. The molecule has 1 aliphatic heterocycles. The largest absolute Gasteiger partial charge is 0.497 e. The van der Waals surface area contributed by atoms with Crippen LogP contribution in [0.3, 0.4) is 0 Å². The summed E-state index contributed by atoms with van der Waals surface area (Å²) in [6.45, 7) is 4.10. The van der Waals surface area contributed by atoms with E-state index in [4.69, 9.17) is 37.4 Å². The summed E-state index contributed by atoms with van der Waals surface area (Å²) < 4.78 is 16.9. The number of halogens is 2. The van der Waals surface area contributed by atoms with Crippen LogP contribution in [0.15, 0.2) is 77.1 Å². The summed E-state index contributed by atoms with van der Waals surface area (Å²) in [6, 6.07) is 16.3. The van der Waals surface area contributed by atoms with Crippen LogP contribution in [-0.2, 0) is 17.8 Å². The molecule has 0 atom stereocenters. The van der Waals surface area contributed by atoms with Crippen molar-refractivity contribution < 1.29 is 19.0 Å². The number of hydrogen-bond acceptors (Lipinski definition) is 6. The highest BCUT2D eigenvalue weighted by Gasteiger charge is 2.24. The Morgan fingerprint density at radius 2 is 1.81 bits per heavy atom. The molecule has 0 spiro atoms. The molecule has 9 heteroatoms. The van der Waals surface area contributed by atoms with Crippen molar-refractivity contribution in [3.63, 3.8) is 0 Å². The van der Waals surface area contributed by atoms with E-state index in [0.717, 1.165) is 22.4 Å². The molecule has 0 aliphatic carbocycles. The van der Waals surface area contributed by atoms with Gasteiger partial charge in [-0.3, -0.25) is 4.79 Å². The van der Waals surface area contributed by atoms with E-state index in [9.17, 15) is 4.79 Å². The summed E-state index contributed by atoms with van der Waals surface area (Å²) >= 11 is 13.6. The average molecular weight is 555 g/mol. The van der Waals surface area contributed by atoms with Crippen LogP contribution in [0, 0.1) is 0 Å². The number of allylic oxidation sites excluding steroid dienone is 1. The minimum atomic E-state index is -0.223. The van der Waals surface area contributed by atoms with Gasteiger partial charge in [-0.15, -0.1) is 6.58 Å². The minimum Gasteiger partial charge on any atom is -0.497 e. The second-order valence-electron chi connectivity index (χ2n) is 7.91. The number of aliphatic imine (C=N–C) groups is 1. The highest BCUT2D eigenvalue weighted by Crippen LogP contribution is 2.37. The molecular formula is C28H24Cl2N2O4S. The lowest BCUT2D eigenvalue weighted by molar-refractivity contribution is -0.115. The van der Waals surface area contributed by atoms with Gasteiger partial charge in [0.15, 0.2) is 16.7 Å². The molecule has 3 aromatic carbocycles. The third-order valence-corrected chi connectivity index (χ3v) is 6.87. The third kappa shape index (κ3) is 6.68. The average Bonchev–Trinajstić information content (AvgIpc) is 3.22. The first-order chi connectivity index (χ1) is 17.9. The van der Waals surface area contributed by atoms with Crippen molar-refractivity contribution in [1.82, 2.24) is 5.32 Å². The molecule has 190 valence electrons. The number of carbonyl (C=O) groups is 1. The number of amides is 1. The molecule has 0 saturated carbocycles. The quantitative estimate of drug-likeness (QED) is 0.223. The van der Waals surface area contributed by atoms with Gasteiger partial charge in [0.2, 0.25) is 0 Å². The van der Waals surface area contributed by atoms with Crippen LogP contribution in [0.2, 0.25) is 10.0 Å². The molecule has 1 heterocycles. The highest BCUT2D eigenvalue weighted by atomic mass is 35.5. The topological polar surface area (TPSA) is 69.2 Å². The molecule has 1 saturated heterocycles. The summed E-state index contributed by atoms with van der Waals surface area (Å²) in [6.07, 6.45) is 4.12. The molecule has 37 heavy (non-hydrogen) atoms. The summed E-state index contributed by atoms with van der Waals surface area (Å²) in [5, 5.41) is 4.39. The number of ether oxygens (including phenoxy) is 3. The Labute approximate surface area is 229 Å². The van der Waals surface area contributed by atoms with Gasteiger partial charge in [-0.05, 0) is 78.4 Å². The molecule has 1 N–H and O–H groups in total. The Bertz CT molecular complexity index is 1390. The summed E-state index contributed by atoms with van der Waals surface area (Å²) in [4.78, 5) is 17.7. The Balaban J connectivity index is 1.58. The molecule has 1 fully saturated rings. The van der Waals surface area contributed by atoms with E-state index in [-0.39, 0.29) is 12.5 Å². The van der Waals surface area contributed by atoms with Gasteiger partial charge in [-0.2, -0.15) is 0 Å². The van der Waals surface area contributed by atoms with Gasteiger partial charge in [0, 0.05) is 21.2 Å². The van der Waals surface area contributed by atoms with Crippen LogP contribution in [-0.4, -0.2) is 25.3 Å². The number of benzene rings is 3. The van der Waals surface area contributed by atoms with Gasteiger partial charge in [0.25, 0.3) is 5.91 Å². The number of hydrogen-bond donors (Lipinski definition) is 1. The third-order valence-electron chi connectivity index (χ3n) is 5.38. The first kappa shape index (κ1) is 26.7. The van der Waals surface area contributed by atoms with Crippen molar-refractivity contribution in [2.45, 2.75) is 13.0 Å². The number of methoxy groups -OCH3 is 2. The normalized spacial score (nSPS) is 15.1. The summed E-state index contributed by atoms with van der Waals surface area (Å²) in [5.41, 5.74) is 3.16. The van der Waals surface area contributed by atoms with Crippen LogP contribution in [0.25, 0.3) is 6.08 Å². The predicted molar refractivity (Wildman–Crippen MR) is 151 cm³/mol. The minimum absolute atomic E-state index is 0.223. The van der Waals surface area contributed by atoms with Crippen LogP contribution in [0.1, 0.15) is 16.7 Å². The number of nitrogens with zero attached hydrogens (tertiary/aromatic N) is 1. The number of thioether (sulfide) groups is 1. The van der Waals surface area contributed by atoms with Crippen molar-refractivity contribution in [1.29, 1.82) is 0 Å². The van der Waals surface area contributed by atoms with Gasteiger partial charge in [-0.1, -0.05) is 35.3 Å². The second-order valence-corrected chi connectivity index (χ2v) is 9.78. The van der Waals surface area contributed by atoms with Gasteiger partial charge in [-0.25, -0.2) is 4.99 Å². The van der Waals surface area contributed by atoms with Crippen molar-refractivity contribution in [3.8, 4) is 17.2 Å². The molecule has 6 nitrogen and oxygen atoms in total. The number of rotatable bonds is 9. The fourth-order valence-corrected chi connectivity index (χ4v) is 4.89. The second kappa shape index (κ2) is 12.2. The first-order valence-corrected chi connectivity index (χ1v) is 12.8. The zero-order valence-electron chi connectivity index (χ0n) is 20.2. The predicted octanol–water partition coefficient (Wildman–Crippen LogP) is 7.21. The highest BCUT2D eigenvalue weighted by molar-refractivity contribution is 8.18. The van der Waals surface area contributed by atoms with E-state index in [1.165, 1.54) is 11.8 Å². The molecule has 3 aromatic rings. The smallest absolute Gasteiger partial charge is 0.264 e. The summed E-state index contributed by atoms with van der Waals surface area (Å²) in [7, 11) is 3.18. The SMILES string of the molecule is C=CCc1cc(/C=C2/SC(=Nc3ccc(OC)cc3)NC2=O)cc(OC)c1OCc1ccc(Cl)cc1Cl. The number of carbonyl (C=O) groups excluding carboxylic acids is 1. The maximum absolute atomic E-state index is 12.6. The van der Waals surface area contributed by atoms with E-state index in [2.05, 4.69) is 16.9 Å². The van der Waals surface area contributed by atoms with Crippen molar-refractivity contribution in [3.05, 3.63) is 98.9 Å². The maximum atomic E-state index is 12.6. The van der Waals surface area contributed by atoms with Gasteiger partial charge in [0.1, 0.15) is 12.4 Å². The van der Waals surface area contributed by atoms with Crippen molar-refractivity contribution in [2.24, 2.45) is 4.99 Å². The Kier molecular flexibility index (Phi) is 8.82. The first-order valence-electron chi connectivity index (χ1n) is 11.2. The fraction of sp³-hybridized carbons (Fsp3) is 0.143. The number of nitrogens with one attached hydrogen (secondary N) is 1. The number of amidine groups is 1. The molecule has 0 aromatic heterocycles. The van der Waals surface area contributed by atoms with Crippen LogP contribution >= 0.6 is 35.0 Å². The van der Waals surface area contributed by atoms with E-state index < -0.39 is 0 Å². The van der Waals surface area contributed by atoms with Gasteiger partial charge < -0.3 is 19.5 Å². The lowest BCUT2D eigenvalue weighted by Gasteiger charge is -2.16. The van der Waals surface area contributed by atoms with Gasteiger partial charge in [0.05, 0.1) is 24.8 Å². The van der Waals surface area contributed by atoms with E-state index >= 15 is 0 Å². The van der Waals surface area contributed by atoms with Crippen molar-refractivity contribution in [2.75, 3.05) is 14.2 Å². The van der Waals surface area contributed by atoms with E-state index in [1.807, 2.05) is 42.5 Å². The van der Waals surface area contributed by atoms with Crippen LogP contribution in [0.4, 0.5) is 5.69 Å². The summed E-state index contributed by atoms with van der Waals surface area (Å²) in [5.74, 6) is 1.63. The molecular weight excluding hydrogens is 531 g/mol. The van der Waals surface area contributed by atoms with Crippen LogP contribution < -0.4 is 19.5 Å². The maximum Gasteiger partial charge on any atom is 0.264 e. The fourth-order valence-electron chi connectivity index (χ4n) is 3.58. The zero-order chi connectivity index (χ0) is 26.4. The molecule has 0 unspecified atom stereocenters. The van der Waals surface area contributed by atoms with E-state index in [1.54, 1.807) is 38.5 Å². The van der Waals surface area contributed by atoms with Crippen LogP contribution in [0.5, 0.6) is 17.2 Å². The monoisotopic (exact) mass is 554 g/mol. The molecule has 0 radical (unpaired) electrons. The molecule has 1 aliphatic rings. The Morgan fingerprint density at radius 1 is 1.03 bits per heavy atom. The Morgan fingerprint density at radius 3 is 2.49 bits per heavy atom. The van der Waals surface area contributed by atoms with Gasteiger partial charge >= 0.3 is 0 Å². The van der Waals surface area contributed by atoms with E-state index in [0.29, 0.717) is 43.7 Å². The molecule has 1 amide bonds. The zero-order valence-corrected chi connectivity index (χ0v) is 22.5. The molecule has 4 rings (SSSR count). The molecule has 0 bridgehead atoms. The van der Waals surface area contributed by atoms with Crippen molar-refractivity contribution >= 4 is 57.8 Å². The standard InChI is InChI=1S/C28H24Cl2N2O4S/c1-4-5-18-12-17(13-24(35-3)26(18)36-16-19-6-7-20(29)15-23(19)30)14-25-27(33)32-28(37-25)31-21-8-10-22(34-2)11-9-21/h4,6-15H,1,5,16H2,2-3H3,(H,31,32,33)/b25-14+. The Hall–Kier alpha value is -3.39.